The van der Waals surface area contributed by atoms with Gasteiger partial charge < -0.3 is 10.0 Å². The predicted octanol–water partition coefficient (Wildman–Crippen LogP) is 0.347. The standard InChI is InChI=1S/C12H20N4O/c1-15-11(13-9-14-15)8-12(17)4-6-16-5-2-3-10(16)7-12/h9-10,17H,2-8H2,1H3. The molecule has 2 atom stereocenters. The van der Waals surface area contributed by atoms with Gasteiger partial charge in [-0.1, -0.05) is 0 Å². The summed E-state index contributed by atoms with van der Waals surface area (Å²) in [6.07, 6.45) is 6.46. The maximum absolute atomic E-state index is 10.7. The molecule has 2 aliphatic rings. The van der Waals surface area contributed by atoms with Crippen LogP contribution in [0, 0.1) is 0 Å². The lowest BCUT2D eigenvalue weighted by Gasteiger charge is -2.40. The molecule has 0 radical (unpaired) electrons. The molecule has 1 aromatic heterocycles. The summed E-state index contributed by atoms with van der Waals surface area (Å²) >= 11 is 0. The average molecular weight is 236 g/mol. The molecule has 0 saturated carbocycles. The number of aliphatic hydroxyl groups is 1. The first-order valence-electron chi connectivity index (χ1n) is 6.46. The minimum Gasteiger partial charge on any atom is -0.389 e. The molecule has 0 aromatic carbocycles. The van der Waals surface area contributed by atoms with Crippen LogP contribution in [0.1, 0.15) is 31.5 Å². The fourth-order valence-electron chi connectivity index (χ4n) is 3.25. The second-order valence-electron chi connectivity index (χ2n) is 5.49. The molecule has 5 heteroatoms. The minimum absolute atomic E-state index is 0.577. The van der Waals surface area contributed by atoms with Gasteiger partial charge >= 0.3 is 0 Å². The number of rotatable bonds is 2. The van der Waals surface area contributed by atoms with Gasteiger partial charge in [0.25, 0.3) is 0 Å². The van der Waals surface area contributed by atoms with Crippen LogP contribution in [-0.4, -0.2) is 49.5 Å². The van der Waals surface area contributed by atoms with Crippen LogP contribution in [0.4, 0.5) is 0 Å². The first-order valence-corrected chi connectivity index (χ1v) is 6.46. The predicted molar refractivity (Wildman–Crippen MR) is 63.5 cm³/mol. The van der Waals surface area contributed by atoms with E-state index in [0.29, 0.717) is 12.5 Å². The van der Waals surface area contributed by atoms with Crippen LogP contribution in [0.2, 0.25) is 0 Å². The molecule has 3 heterocycles. The van der Waals surface area contributed by atoms with Crippen LogP contribution in [0.25, 0.3) is 0 Å². The molecular formula is C12H20N4O. The summed E-state index contributed by atoms with van der Waals surface area (Å²) in [5.74, 6) is 0.888. The first kappa shape index (κ1) is 11.2. The number of hydrogen-bond acceptors (Lipinski definition) is 4. The average Bonchev–Trinajstić information content (AvgIpc) is 2.88. The summed E-state index contributed by atoms with van der Waals surface area (Å²) in [7, 11) is 1.89. The Morgan fingerprint density at radius 2 is 2.41 bits per heavy atom. The molecule has 5 nitrogen and oxygen atoms in total. The lowest BCUT2D eigenvalue weighted by molar-refractivity contribution is -0.0372. The van der Waals surface area contributed by atoms with Crippen LogP contribution in [0.3, 0.4) is 0 Å². The van der Waals surface area contributed by atoms with Gasteiger partial charge in [-0.25, -0.2) is 4.98 Å². The molecule has 2 fully saturated rings. The van der Waals surface area contributed by atoms with Crippen molar-refractivity contribution in [2.45, 2.75) is 43.7 Å². The summed E-state index contributed by atoms with van der Waals surface area (Å²) in [6, 6.07) is 0.585. The first-order chi connectivity index (χ1) is 8.16. The summed E-state index contributed by atoms with van der Waals surface area (Å²) in [6.45, 7) is 2.24. The molecule has 1 N–H and O–H groups in total. The Bertz CT molecular complexity index is 405. The van der Waals surface area contributed by atoms with Gasteiger partial charge in [-0.15, -0.1) is 0 Å². The van der Waals surface area contributed by atoms with Gasteiger partial charge in [0.05, 0.1) is 5.60 Å². The maximum atomic E-state index is 10.7. The minimum atomic E-state index is -0.577. The highest BCUT2D eigenvalue weighted by Gasteiger charge is 2.40. The largest absolute Gasteiger partial charge is 0.389 e. The Kier molecular flexibility index (Phi) is 2.67. The molecule has 17 heavy (non-hydrogen) atoms. The normalized spacial score (nSPS) is 33.9. The smallest absolute Gasteiger partial charge is 0.138 e. The zero-order valence-electron chi connectivity index (χ0n) is 10.3. The van der Waals surface area contributed by atoms with E-state index in [9.17, 15) is 5.11 Å². The van der Waals surface area contributed by atoms with Gasteiger partial charge in [0.1, 0.15) is 12.2 Å². The third-order valence-electron chi connectivity index (χ3n) is 4.27. The molecular weight excluding hydrogens is 216 g/mol. The Balaban J connectivity index is 1.72. The van der Waals surface area contributed by atoms with Crippen molar-refractivity contribution in [3.63, 3.8) is 0 Å². The molecule has 0 amide bonds. The van der Waals surface area contributed by atoms with E-state index < -0.39 is 5.60 Å². The van der Waals surface area contributed by atoms with Crippen molar-refractivity contribution < 1.29 is 5.11 Å². The van der Waals surface area contributed by atoms with E-state index in [4.69, 9.17) is 0 Å². The summed E-state index contributed by atoms with van der Waals surface area (Å²) in [4.78, 5) is 6.74. The number of piperidine rings is 1. The van der Waals surface area contributed by atoms with E-state index in [1.165, 1.54) is 19.4 Å². The van der Waals surface area contributed by atoms with Crippen molar-refractivity contribution in [3.8, 4) is 0 Å². The van der Waals surface area contributed by atoms with Crippen molar-refractivity contribution in [1.82, 2.24) is 19.7 Å². The van der Waals surface area contributed by atoms with Gasteiger partial charge in [0, 0.05) is 26.1 Å². The second kappa shape index (κ2) is 4.07. The Labute approximate surface area is 101 Å². The highest BCUT2D eigenvalue weighted by molar-refractivity contribution is 5.00. The summed E-state index contributed by atoms with van der Waals surface area (Å²) in [5.41, 5.74) is -0.577. The molecule has 2 unspecified atom stereocenters. The lowest BCUT2D eigenvalue weighted by Crippen LogP contribution is -2.49. The van der Waals surface area contributed by atoms with E-state index in [1.54, 1.807) is 11.0 Å². The summed E-state index contributed by atoms with van der Waals surface area (Å²) in [5, 5.41) is 14.8. The number of aryl methyl sites for hydroxylation is 1. The maximum Gasteiger partial charge on any atom is 0.138 e. The summed E-state index contributed by atoms with van der Waals surface area (Å²) < 4.78 is 1.76. The Morgan fingerprint density at radius 1 is 1.53 bits per heavy atom. The Hall–Kier alpha value is -0.940. The topological polar surface area (TPSA) is 54.2 Å². The zero-order valence-corrected chi connectivity index (χ0v) is 10.3. The fourth-order valence-corrected chi connectivity index (χ4v) is 3.25. The van der Waals surface area contributed by atoms with E-state index in [-0.39, 0.29) is 0 Å². The molecule has 1 aromatic rings. The van der Waals surface area contributed by atoms with E-state index in [2.05, 4.69) is 15.0 Å². The quantitative estimate of drug-likeness (QED) is 0.805. The van der Waals surface area contributed by atoms with Crippen LogP contribution in [-0.2, 0) is 13.5 Å². The SMILES string of the molecule is Cn1ncnc1CC1(O)CCN2CCCC2C1. The molecule has 3 rings (SSSR count). The van der Waals surface area contributed by atoms with Crippen molar-refractivity contribution in [2.75, 3.05) is 13.1 Å². The van der Waals surface area contributed by atoms with E-state index >= 15 is 0 Å². The van der Waals surface area contributed by atoms with Crippen molar-refractivity contribution in [3.05, 3.63) is 12.2 Å². The zero-order chi connectivity index (χ0) is 11.9. The third kappa shape index (κ3) is 2.09. The van der Waals surface area contributed by atoms with E-state index in [1.807, 2.05) is 7.05 Å². The van der Waals surface area contributed by atoms with E-state index in [0.717, 1.165) is 25.2 Å². The van der Waals surface area contributed by atoms with Crippen LogP contribution in [0.15, 0.2) is 6.33 Å². The van der Waals surface area contributed by atoms with Crippen molar-refractivity contribution in [1.29, 1.82) is 0 Å². The molecule has 2 saturated heterocycles. The number of hydrogen-bond donors (Lipinski definition) is 1. The highest BCUT2D eigenvalue weighted by Crippen LogP contribution is 2.34. The number of aromatic nitrogens is 3. The van der Waals surface area contributed by atoms with Gasteiger partial charge in [0.15, 0.2) is 0 Å². The molecule has 0 aliphatic carbocycles. The monoisotopic (exact) mass is 236 g/mol. The van der Waals surface area contributed by atoms with Crippen molar-refractivity contribution in [2.24, 2.45) is 7.05 Å². The second-order valence-corrected chi connectivity index (χ2v) is 5.49. The van der Waals surface area contributed by atoms with Gasteiger partial charge in [0.2, 0.25) is 0 Å². The van der Waals surface area contributed by atoms with Gasteiger partial charge in [-0.3, -0.25) is 4.68 Å². The molecule has 0 spiro atoms. The van der Waals surface area contributed by atoms with Crippen molar-refractivity contribution >= 4 is 0 Å². The molecule has 94 valence electrons. The Morgan fingerprint density at radius 3 is 3.18 bits per heavy atom. The van der Waals surface area contributed by atoms with Crippen LogP contribution in [0.5, 0.6) is 0 Å². The third-order valence-corrected chi connectivity index (χ3v) is 4.27. The highest BCUT2D eigenvalue weighted by atomic mass is 16.3. The fraction of sp³-hybridized carbons (Fsp3) is 0.833. The van der Waals surface area contributed by atoms with Crippen LogP contribution >= 0.6 is 0 Å². The molecule has 0 bridgehead atoms. The van der Waals surface area contributed by atoms with Gasteiger partial charge in [-0.05, 0) is 32.2 Å². The molecule has 2 aliphatic heterocycles. The lowest BCUT2D eigenvalue weighted by atomic mass is 9.84. The number of nitrogens with zero attached hydrogens (tertiary/aromatic N) is 4. The van der Waals surface area contributed by atoms with Crippen LogP contribution < -0.4 is 0 Å². The van der Waals surface area contributed by atoms with Gasteiger partial charge in [-0.2, -0.15) is 5.10 Å². The number of fused-ring (bicyclic) bond motifs is 1.